The molecule has 0 radical (unpaired) electrons. The topological polar surface area (TPSA) is 58.6 Å². The number of hydrogen-bond donors (Lipinski definition) is 2. The highest BCUT2D eigenvalue weighted by Crippen LogP contribution is 2.22. The van der Waals surface area contributed by atoms with E-state index in [1.807, 2.05) is 0 Å². The number of carbonyl (C=O) groups excluding carboxylic acids is 1. The molecule has 4 nitrogen and oxygen atoms in total. The van der Waals surface area contributed by atoms with E-state index in [0.717, 1.165) is 38.5 Å². The van der Waals surface area contributed by atoms with Crippen molar-refractivity contribution in [1.29, 1.82) is 0 Å². The van der Waals surface area contributed by atoms with Crippen molar-refractivity contribution in [3.05, 3.63) is 0 Å². The van der Waals surface area contributed by atoms with E-state index in [4.69, 9.17) is 4.74 Å². The molecule has 4 heteroatoms. The zero-order valence-corrected chi connectivity index (χ0v) is 9.65. The number of nitrogens with one attached hydrogen (secondary N) is 1. The van der Waals surface area contributed by atoms with Gasteiger partial charge in [-0.2, -0.15) is 0 Å². The van der Waals surface area contributed by atoms with Crippen molar-refractivity contribution in [2.24, 2.45) is 0 Å². The molecule has 0 aliphatic heterocycles. The maximum absolute atomic E-state index is 11.6. The monoisotopic (exact) mass is 227 g/mol. The van der Waals surface area contributed by atoms with Crippen molar-refractivity contribution in [2.75, 3.05) is 0 Å². The molecule has 0 bridgehead atoms. The molecule has 2 aliphatic rings. The van der Waals surface area contributed by atoms with Gasteiger partial charge in [-0.05, 0) is 51.4 Å². The van der Waals surface area contributed by atoms with Crippen LogP contribution in [0.15, 0.2) is 0 Å². The fourth-order valence-corrected chi connectivity index (χ4v) is 2.58. The van der Waals surface area contributed by atoms with Crippen LogP contribution < -0.4 is 5.32 Å². The lowest BCUT2D eigenvalue weighted by atomic mass is 9.93. The van der Waals surface area contributed by atoms with Crippen LogP contribution in [-0.2, 0) is 4.74 Å². The number of amides is 1. The molecule has 0 aromatic rings. The van der Waals surface area contributed by atoms with Crippen molar-refractivity contribution in [2.45, 2.75) is 69.6 Å². The fourth-order valence-electron chi connectivity index (χ4n) is 2.58. The molecule has 2 fully saturated rings. The highest BCUT2D eigenvalue weighted by molar-refractivity contribution is 5.67. The first kappa shape index (κ1) is 11.7. The van der Waals surface area contributed by atoms with Crippen LogP contribution in [0.2, 0.25) is 0 Å². The van der Waals surface area contributed by atoms with Crippen molar-refractivity contribution in [3.63, 3.8) is 0 Å². The van der Waals surface area contributed by atoms with Crippen LogP contribution in [-0.4, -0.2) is 29.4 Å². The van der Waals surface area contributed by atoms with Gasteiger partial charge in [0.05, 0.1) is 6.10 Å². The number of aliphatic hydroxyl groups is 1. The summed E-state index contributed by atoms with van der Waals surface area (Å²) in [6, 6.07) is 0.192. The van der Waals surface area contributed by atoms with Crippen molar-refractivity contribution < 1.29 is 14.6 Å². The standard InChI is InChI=1S/C12H21NO3/c14-10-7-5-9(6-8-10)13-12(15)16-11-3-1-2-4-11/h9-11,14H,1-8H2,(H,13,15). The van der Waals surface area contributed by atoms with Gasteiger partial charge >= 0.3 is 6.09 Å². The van der Waals surface area contributed by atoms with E-state index in [1.165, 1.54) is 12.8 Å². The van der Waals surface area contributed by atoms with Crippen LogP contribution in [0, 0.1) is 0 Å². The maximum Gasteiger partial charge on any atom is 0.407 e. The minimum atomic E-state index is -0.270. The molecule has 2 rings (SSSR count). The molecular weight excluding hydrogens is 206 g/mol. The van der Waals surface area contributed by atoms with Gasteiger partial charge in [-0.15, -0.1) is 0 Å². The third-order valence-electron chi connectivity index (χ3n) is 3.59. The van der Waals surface area contributed by atoms with Crippen molar-refractivity contribution >= 4 is 6.09 Å². The number of carbonyl (C=O) groups is 1. The van der Waals surface area contributed by atoms with Crippen LogP contribution in [0.1, 0.15) is 51.4 Å². The summed E-state index contributed by atoms with van der Waals surface area (Å²) in [7, 11) is 0. The van der Waals surface area contributed by atoms with Crippen LogP contribution in [0.25, 0.3) is 0 Å². The highest BCUT2D eigenvalue weighted by Gasteiger charge is 2.23. The van der Waals surface area contributed by atoms with Gasteiger partial charge in [0, 0.05) is 6.04 Å². The average Bonchev–Trinajstić information content (AvgIpc) is 2.74. The number of aliphatic hydroxyl groups excluding tert-OH is 1. The second-order valence-electron chi connectivity index (χ2n) is 4.96. The van der Waals surface area contributed by atoms with Gasteiger partial charge in [0.25, 0.3) is 0 Å². The molecule has 16 heavy (non-hydrogen) atoms. The molecule has 0 unspecified atom stereocenters. The summed E-state index contributed by atoms with van der Waals surface area (Å²) in [5, 5.41) is 12.2. The second-order valence-corrected chi connectivity index (χ2v) is 4.96. The molecule has 1 amide bonds. The van der Waals surface area contributed by atoms with Gasteiger partial charge < -0.3 is 15.2 Å². The van der Waals surface area contributed by atoms with Gasteiger partial charge in [0.1, 0.15) is 6.10 Å². The van der Waals surface area contributed by atoms with E-state index in [-0.39, 0.29) is 24.3 Å². The van der Waals surface area contributed by atoms with Gasteiger partial charge in [-0.25, -0.2) is 4.79 Å². The molecule has 0 heterocycles. The van der Waals surface area contributed by atoms with Crippen LogP contribution in [0.5, 0.6) is 0 Å². The summed E-state index contributed by atoms with van der Waals surface area (Å²) < 4.78 is 5.33. The van der Waals surface area contributed by atoms with Crippen LogP contribution in [0.4, 0.5) is 4.79 Å². The Hall–Kier alpha value is -0.770. The van der Waals surface area contributed by atoms with E-state index < -0.39 is 0 Å². The zero-order valence-electron chi connectivity index (χ0n) is 9.65. The average molecular weight is 227 g/mol. The number of ether oxygens (including phenoxy) is 1. The van der Waals surface area contributed by atoms with E-state index in [0.29, 0.717) is 0 Å². The zero-order chi connectivity index (χ0) is 11.4. The van der Waals surface area contributed by atoms with Gasteiger partial charge in [0.15, 0.2) is 0 Å². The predicted octanol–water partition coefficient (Wildman–Crippen LogP) is 1.96. The third kappa shape index (κ3) is 3.37. The lowest BCUT2D eigenvalue weighted by Gasteiger charge is -2.26. The maximum atomic E-state index is 11.6. The summed E-state index contributed by atoms with van der Waals surface area (Å²) in [6.07, 6.45) is 7.35. The summed E-state index contributed by atoms with van der Waals surface area (Å²) in [4.78, 5) is 11.6. The van der Waals surface area contributed by atoms with E-state index in [9.17, 15) is 9.90 Å². The van der Waals surface area contributed by atoms with Gasteiger partial charge in [-0.3, -0.25) is 0 Å². The van der Waals surface area contributed by atoms with Gasteiger partial charge in [0.2, 0.25) is 0 Å². The Morgan fingerprint density at radius 2 is 1.69 bits per heavy atom. The van der Waals surface area contributed by atoms with Crippen molar-refractivity contribution in [3.8, 4) is 0 Å². The third-order valence-corrected chi connectivity index (χ3v) is 3.59. The molecule has 2 N–H and O–H groups in total. The first-order valence-electron chi connectivity index (χ1n) is 6.39. The Morgan fingerprint density at radius 1 is 1.06 bits per heavy atom. The highest BCUT2D eigenvalue weighted by atomic mass is 16.6. The smallest absolute Gasteiger partial charge is 0.407 e. The first-order valence-corrected chi connectivity index (χ1v) is 6.39. The number of alkyl carbamates (subject to hydrolysis) is 1. The molecule has 0 saturated heterocycles. The lowest BCUT2D eigenvalue weighted by molar-refractivity contribution is 0.0855. The Balaban J connectivity index is 1.66. The molecule has 2 saturated carbocycles. The van der Waals surface area contributed by atoms with E-state index >= 15 is 0 Å². The Labute approximate surface area is 96.4 Å². The molecule has 2 aliphatic carbocycles. The van der Waals surface area contributed by atoms with Crippen LogP contribution in [0.3, 0.4) is 0 Å². The predicted molar refractivity (Wildman–Crippen MR) is 60.1 cm³/mol. The largest absolute Gasteiger partial charge is 0.446 e. The first-order chi connectivity index (χ1) is 7.74. The summed E-state index contributed by atoms with van der Waals surface area (Å²) in [5.41, 5.74) is 0. The summed E-state index contributed by atoms with van der Waals surface area (Å²) in [5.74, 6) is 0. The van der Waals surface area contributed by atoms with Gasteiger partial charge in [-0.1, -0.05) is 0 Å². The second kappa shape index (κ2) is 5.53. The SMILES string of the molecule is O=C(NC1CCC(O)CC1)OC1CCCC1. The fraction of sp³-hybridized carbons (Fsp3) is 0.917. The summed E-state index contributed by atoms with van der Waals surface area (Å²) in [6.45, 7) is 0. The number of rotatable bonds is 2. The molecule has 92 valence electrons. The molecule has 0 spiro atoms. The Bertz CT molecular complexity index is 230. The Kier molecular flexibility index (Phi) is 4.04. The Morgan fingerprint density at radius 3 is 2.31 bits per heavy atom. The van der Waals surface area contributed by atoms with E-state index in [2.05, 4.69) is 5.32 Å². The quantitative estimate of drug-likeness (QED) is 0.758. The number of hydrogen-bond acceptors (Lipinski definition) is 3. The summed E-state index contributed by atoms with van der Waals surface area (Å²) >= 11 is 0. The lowest BCUT2D eigenvalue weighted by Crippen LogP contribution is -2.39. The van der Waals surface area contributed by atoms with Crippen LogP contribution >= 0.6 is 0 Å². The van der Waals surface area contributed by atoms with E-state index in [1.54, 1.807) is 0 Å². The van der Waals surface area contributed by atoms with Crippen molar-refractivity contribution in [1.82, 2.24) is 5.32 Å². The molecule has 0 aromatic heterocycles. The molecule has 0 aromatic carbocycles. The normalized spacial score (nSPS) is 31.3. The molecular formula is C12H21NO3. The minimum absolute atomic E-state index is 0.134. The molecule has 0 atom stereocenters. The minimum Gasteiger partial charge on any atom is -0.446 e.